The van der Waals surface area contributed by atoms with Crippen LogP contribution in [0.15, 0.2) is 12.3 Å². The predicted octanol–water partition coefficient (Wildman–Crippen LogP) is 1.44. The molecule has 0 unspecified atom stereocenters. The number of ether oxygens (including phenoxy) is 1. The highest BCUT2D eigenvalue weighted by Crippen LogP contribution is 2.22. The van der Waals surface area contributed by atoms with Crippen molar-refractivity contribution in [2.75, 3.05) is 0 Å². The molecule has 2 heterocycles. The first-order chi connectivity index (χ1) is 7.58. The van der Waals surface area contributed by atoms with Gasteiger partial charge in [-0.2, -0.15) is 0 Å². The number of pyridine rings is 1. The van der Waals surface area contributed by atoms with Crippen LogP contribution in [0.5, 0.6) is 5.75 Å². The molecule has 0 aliphatic carbocycles. The van der Waals surface area contributed by atoms with Crippen LogP contribution in [-0.4, -0.2) is 32.1 Å². The zero-order valence-corrected chi connectivity index (χ0v) is 8.89. The van der Waals surface area contributed by atoms with E-state index in [9.17, 15) is 4.79 Å². The fraction of sp³-hybridized carbons (Fsp3) is 0.300. The van der Waals surface area contributed by atoms with Crippen LogP contribution in [0, 0.1) is 0 Å². The van der Waals surface area contributed by atoms with Gasteiger partial charge in [-0.15, -0.1) is 0 Å². The van der Waals surface area contributed by atoms with E-state index in [0.717, 1.165) is 0 Å². The number of aromatic nitrogens is 3. The second-order valence-corrected chi connectivity index (χ2v) is 3.56. The van der Waals surface area contributed by atoms with Crippen molar-refractivity contribution in [1.82, 2.24) is 15.0 Å². The molecule has 2 N–H and O–H groups in total. The van der Waals surface area contributed by atoms with Gasteiger partial charge in [-0.05, 0) is 13.8 Å². The summed E-state index contributed by atoms with van der Waals surface area (Å²) in [5.41, 5.74) is 0.851. The average molecular weight is 221 g/mol. The minimum Gasteiger partial charge on any atom is -0.489 e. The number of aromatic amines is 1. The van der Waals surface area contributed by atoms with Gasteiger partial charge >= 0.3 is 5.97 Å². The van der Waals surface area contributed by atoms with Crippen molar-refractivity contribution >= 4 is 17.1 Å². The summed E-state index contributed by atoms with van der Waals surface area (Å²) in [6.07, 6.45) is 1.54. The average Bonchev–Trinajstić information content (AvgIpc) is 2.61. The number of fused-ring (bicyclic) bond motifs is 1. The van der Waals surface area contributed by atoms with E-state index in [1.165, 1.54) is 6.20 Å². The highest BCUT2D eigenvalue weighted by molar-refractivity contribution is 5.89. The maximum atomic E-state index is 10.7. The minimum absolute atomic E-state index is 0.00202. The summed E-state index contributed by atoms with van der Waals surface area (Å²) in [6.45, 7) is 3.78. The van der Waals surface area contributed by atoms with Gasteiger partial charge in [-0.25, -0.2) is 14.8 Å². The standard InChI is InChI=1S/C10H11N3O3/c1-5(2)16-6-3-4-11-8-7(6)12-9(13-8)10(14)15/h3-5H,1-2H3,(H,14,15)(H,11,12,13). The number of hydrogen-bond acceptors (Lipinski definition) is 4. The van der Waals surface area contributed by atoms with Gasteiger partial charge in [-0.1, -0.05) is 0 Å². The van der Waals surface area contributed by atoms with Gasteiger partial charge in [0.05, 0.1) is 6.10 Å². The number of nitrogens with zero attached hydrogens (tertiary/aromatic N) is 2. The molecule has 2 aromatic rings. The van der Waals surface area contributed by atoms with E-state index in [0.29, 0.717) is 16.9 Å². The van der Waals surface area contributed by atoms with Crippen LogP contribution in [-0.2, 0) is 0 Å². The first kappa shape index (κ1) is 10.4. The summed E-state index contributed by atoms with van der Waals surface area (Å²) in [6, 6.07) is 1.67. The molecule has 0 saturated heterocycles. The minimum atomic E-state index is -1.12. The van der Waals surface area contributed by atoms with Gasteiger partial charge in [0.1, 0.15) is 11.3 Å². The molecule has 2 aromatic heterocycles. The van der Waals surface area contributed by atoms with Crippen LogP contribution in [0.3, 0.4) is 0 Å². The van der Waals surface area contributed by atoms with Gasteiger partial charge in [0, 0.05) is 12.3 Å². The second-order valence-electron chi connectivity index (χ2n) is 3.56. The number of H-pyrrole nitrogens is 1. The molecule has 0 atom stereocenters. The lowest BCUT2D eigenvalue weighted by Gasteiger charge is -2.09. The molecular formula is C10H11N3O3. The molecule has 0 fully saturated rings. The Kier molecular flexibility index (Phi) is 2.47. The molecule has 0 aliphatic heterocycles. The number of aromatic carboxylic acids is 1. The Balaban J connectivity index is 2.54. The fourth-order valence-corrected chi connectivity index (χ4v) is 1.34. The molecule has 16 heavy (non-hydrogen) atoms. The van der Waals surface area contributed by atoms with E-state index in [-0.39, 0.29) is 11.9 Å². The monoisotopic (exact) mass is 221 g/mol. The van der Waals surface area contributed by atoms with Gasteiger partial charge in [-0.3, -0.25) is 0 Å². The number of hydrogen-bond donors (Lipinski definition) is 2. The maximum Gasteiger partial charge on any atom is 0.371 e. The predicted molar refractivity (Wildman–Crippen MR) is 56.6 cm³/mol. The number of imidazole rings is 1. The van der Waals surface area contributed by atoms with Crippen molar-refractivity contribution in [3.05, 3.63) is 18.1 Å². The van der Waals surface area contributed by atoms with Gasteiger partial charge < -0.3 is 14.8 Å². The Morgan fingerprint density at radius 1 is 1.56 bits per heavy atom. The molecule has 6 nitrogen and oxygen atoms in total. The summed E-state index contributed by atoms with van der Waals surface area (Å²) in [7, 11) is 0. The zero-order valence-electron chi connectivity index (χ0n) is 8.89. The highest BCUT2D eigenvalue weighted by atomic mass is 16.5. The largest absolute Gasteiger partial charge is 0.489 e. The van der Waals surface area contributed by atoms with E-state index in [4.69, 9.17) is 9.84 Å². The lowest BCUT2D eigenvalue weighted by Crippen LogP contribution is -2.06. The Bertz CT molecular complexity index is 533. The molecule has 0 aliphatic rings. The number of carboxylic acids is 1. The van der Waals surface area contributed by atoms with E-state index < -0.39 is 5.97 Å². The number of carboxylic acid groups (broad SMARTS) is 1. The number of nitrogens with one attached hydrogen (secondary N) is 1. The first-order valence-electron chi connectivity index (χ1n) is 4.82. The third kappa shape index (κ3) is 1.81. The molecule has 0 spiro atoms. The summed E-state index contributed by atoms with van der Waals surface area (Å²) < 4.78 is 5.52. The van der Waals surface area contributed by atoms with Crippen molar-refractivity contribution < 1.29 is 14.6 Å². The summed E-state index contributed by atoms with van der Waals surface area (Å²) >= 11 is 0. The second kappa shape index (κ2) is 3.80. The van der Waals surface area contributed by atoms with E-state index in [2.05, 4.69) is 15.0 Å². The molecule has 2 rings (SSSR count). The molecule has 0 radical (unpaired) electrons. The van der Waals surface area contributed by atoms with Crippen molar-refractivity contribution in [2.24, 2.45) is 0 Å². The summed E-state index contributed by atoms with van der Waals surface area (Å²) in [4.78, 5) is 21.2. The Hall–Kier alpha value is -2.11. The summed E-state index contributed by atoms with van der Waals surface area (Å²) in [5, 5.41) is 8.80. The highest BCUT2D eigenvalue weighted by Gasteiger charge is 2.14. The van der Waals surface area contributed by atoms with Crippen molar-refractivity contribution in [3.8, 4) is 5.75 Å². The van der Waals surface area contributed by atoms with Crippen LogP contribution >= 0.6 is 0 Å². The Labute approximate surface area is 91.3 Å². The number of rotatable bonds is 3. The van der Waals surface area contributed by atoms with Gasteiger partial charge in [0.25, 0.3) is 0 Å². The van der Waals surface area contributed by atoms with E-state index in [1.54, 1.807) is 6.07 Å². The Morgan fingerprint density at radius 2 is 2.31 bits per heavy atom. The van der Waals surface area contributed by atoms with Crippen molar-refractivity contribution in [3.63, 3.8) is 0 Å². The van der Waals surface area contributed by atoms with Crippen LogP contribution in [0.25, 0.3) is 11.2 Å². The topological polar surface area (TPSA) is 88.1 Å². The lowest BCUT2D eigenvalue weighted by molar-refractivity contribution is 0.0685. The molecule has 0 bridgehead atoms. The summed E-state index contributed by atoms with van der Waals surface area (Å²) in [5.74, 6) is -0.698. The quantitative estimate of drug-likeness (QED) is 0.818. The van der Waals surface area contributed by atoms with Crippen LogP contribution < -0.4 is 4.74 Å². The van der Waals surface area contributed by atoms with Crippen molar-refractivity contribution in [2.45, 2.75) is 20.0 Å². The third-order valence-corrected chi connectivity index (χ3v) is 1.92. The maximum absolute atomic E-state index is 10.7. The molecule has 0 amide bonds. The van der Waals surface area contributed by atoms with Gasteiger partial charge in [0.2, 0.25) is 5.82 Å². The van der Waals surface area contributed by atoms with Crippen LogP contribution in [0.4, 0.5) is 0 Å². The molecule has 0 saturated carbocycles. The molecular weight excluding hydrogens is 210 g/mol. The van der Waals surface area contributed by atoms with E-state index >= 15 is 0 Å². The van der Waals surface area contributed by atoms with Crippen LogP contribution in [0.2, 0.25) is 0 Å². The van der Waals surface area contributed by atoms with Crippen LogP contribution in [0.1, 0.15) is 24.5 Å². The molecule has 0 aromatic carbocycles. The Morgan fingerprint density at radius 3 is 2.94 bits per heavy atom. The molecule has 84 valence electrons. The fourth-order valence-electron chi connectivity index (χ4n) is 1.34. The van der Waals surface area contributed by atoms with E-state index in [1.807, 2.05) is 13.8 Å². The smallest absolute Gasteiger partial charge is 0.371 e. The normalized spacial score (nSPS) is 10.9. The number of carbonyl (C=O) groups is 1. The van der Waals surface area contributed by atoms with Gasteiger partial charge in [0.15, 0.2) is 5.65 Å². The first-order valence-corrected chi connectivity index (χ1v) is 4.82. The van der Waals surface area contributed by atoms with Crippen molar-refractivity contribution in [1.29, 1.82) is 0 Å². The molecule has 6 heteroatoms. The SMILES string of the molecule is CC(C)Oc1ccnc2nc(C(=O)O)[nH]c12. The lowest BCUT2D eigenvalue weighted by atomic mass is 10.4. The third-order valence-electron chi connectivity index (χ3n) is 1.92. The zero-order chi connectivity index (χ0) is 11.7.